The van der Waals surface area contributed by atoms with E-state index in [-0.39, 0.29) is 0 Å². The van der Waals surface area contributed by atoms with Gasteiger partial charge < -0.3 is 10.2 Å². The molecule has 4 heterocycles. The van der Waals surface area contributed by atoms with Crippen LogP contribution in [0.2, 0.25) is 0 Å². The monoisotopic (exact) mass is 462 g/mol. The quantitative estimate of drug-likeness (QED) is 0.357. The fourth-order valence-electron chi connectivity index (χ4n) is 5.18. The molecule has 0 aliphatic carbocycles. The van der Waals surface area contributed by atoms with Gasteiger partial charge >= 0.3 is 0 Å². The van der Waals surface area contributed by atoms with E-state index < -0.39 is 0 Å². The fraction of sp³-hybridized carbons (Fsp3) is 0.276. The Bertz CT molecular complexity index is 1470. The van der Waals surface area contributed by atoms with Crippen molar-refractivity contribution >= 4 is 22.4 Å². The Morgan fingerprint density at radius 3 is 2.63 bits per heavy atom. The minimum Gasteiger partial charge on any atom is -0.338 e. The topological polar surface area (TPSA) is 58.3 Å². The summed E-state index contributed by atoms with van der Waals surface area (Å²) in [5.41, 5.74) is 5.08. The Hall–Kier alpha value is -3.77. The molecule has 1 aliphatic heterocycles. The van der Waals surface area contributed by atoms with Gasteiger partial charge in [0.2, 0.25) is 5.95 Å². The first-order valence-corrected chi connectivity index (χ1v) is 12.5. The summed E-state index contributed by atoms with van der Waals surface area (Å²) >= 11 is 0. The fourth-order valence-corrected chi connectivity index (χ4v) is 5.18. The summed E-state index contributed by atoms with van der Waals surface area (Å²) in [6.45, 7) is 6.35. The molecule has 1 N–H and O–H groups in total. The lowest BCUT2D eigenvalue weighted by Crippen LogP contribution is -2.41. The van der Waals surface area contributed by atoms with E-state index in [4.69, 9.17) is 9.97 Å². The molecule has 3 aromatic heterocycles. The van der Waals surface area contributed by atoms with Crippen molar-refractivity contribution in [2.45, 2.75) is 38.8 Å². The SMILES string of the molecule is CC(C)NC[C@H]1CCCN1c1nc(-c2ccncc2)c(-c2ccc3ccccc3c2)c2nccn12. The first-order valence-electron chi connectivity index (χ1n) is 12.5. The number of imidazole rings is 1. The van der Waals surface area contributed by atoms with Crippen molar-refractivity contribution in [1.29, 1.82) is 0 Å². The van der Waals surface area contributed by atoms with E-state index in [0.29, 0.717) is 12.1 Å². The molecular formula is C29H30N6. The van der Waals surface area contributed by atoms with Gasteiger partial charge in [-0.1, -0.05) is 50.2 Å². The van der Waals surface area contributed by atoms with Gasteiger partial charge in [-0.25, -0.2) is 9.97 Å². The molecule has 35 heavy (non-hydrogen) atoms. The molecule has 1 atom stereocenters. The zero-order valence-electron chi connectivity index (χ0n) is 20.2. The van der Waals surface area contributed by atoms with Crippen molar-refractivity contribution in [3.05, 3.63) is 79.4 Å². The summed E-state index contributed by atoms with van der Waals surface area (Å²) in [5.74, 6) is 0.960. The van der Waals surface area contributed by atoms with Crippen LogP contribution in [0.3, 0.4) is 0 Å². The molecule has 2 aromatic carbocycles. The highest BCUT2D eigenvalue weighted by Crippen LogP contribution is 2.38. The zero-order valence-corrected chi connectivity index (χ0v) is 20.2. The van der Waals surface area contributed by atoms with Gasteiger partial charge in [0, 0.05) is 55.5 Å². The van der Waals surface area contributed by atoms with Crippen LogP contribution in [0, 0.1) is 0 Å². The Morgan fingerprint density at radius 2 is 1.80 bits per heavy atom. The van der Waals surface area contributed by atoms with Gasteiger partial charge in [0.15, 0.2) is 0 Å². The molecule has 0 amide bonds. The normalized spacial score (nSPS) is 16.1. The Labute approximate surface area is 205 Å². The van der Waals surface area contributed by atoms with Crippen LogP contribution in [0.1, 0.15) is 26.7 Å². The summed E-state index contributed by atoms with van der Waals surface area (Å²) < 4.78 is 2.17. The molecule has 1 fully saturated rings. The van der Waals surface area contributed by atoms with Gasteiger partial charge in [0.25, 0.3) is 0 Å². The van der Waals surface area contributed by atoms with E-state index in [1.54, 1.807) is 0 Å². The van der Waals surface area contributed by atoms with Crippen LogP contribution in [0.15, 0.2) is 79.4 Å². The second kappa shape index (κ2) is 9.12. The number of hydrogen-bond acceptors (Lipinski definition) is 5. The molecule has 0 saturated carbocycles. The third kappa shape index (κ3) is 4.04. The van der Waals surface area contributed by atoms with E-state index >= 15 is 0 Å². The average molecular weight is 463 g/mol. The van der Waals surface area contributed by atoms with Crippen LogP contribution in [0.4, 0.5) is 5.95 Å². The number of fused-ring (bicyclic) bond motifs is 2. The van der Waals surface area contributed by atoms with Crippen molar-refractivity contribution in [2.24, 2.45) is 0 Å². The summed E-state index contributed by atoms with van der Waals surface area (Å²) in [4.78, 5) is 16.9. The lowest BCUT2D eigenvalue weighted by atomic mass is 9.98. The second-order valence-corrected chi connectivity index (χ2v) is 9.61. The molecule has 0 unspecified atom stereocenters. The predicted molar refractivity (Wildman–Crippen MR) is 143 cm³/mol. The van der Waals surface area contributed by atoms with Gasteiger partial charge in [-0.3, -0.25) is 9.38 Å². The highest BCUT2D eigenvalue weighted by Gasteiger charge is 2.29. The summed E-state index contributed by atoms with van der Waals surface area (Å²) in [6.07, 6.45) is 9.93. The first-order chi connectivity index (χ1) is 17.2. The summed E-state index contributed by atoms with van der Waals surface area (Å²) in [6, 6.07) is 20.0. The number of nitrogens with zero attached hydrogens (tertiary/aromatic N) is 5. The lowest BCUT2D eigenvalue weighted by Gasteiger charge is -2.28. The molecule has 0 spiro atoms. The maximum Gasteiger partial charge on any atom is 0.212 e. The number of benzene rings is 2. The third-order valence-electron chi connectivity index (χ3n) is 6.92. The molecule has 1 aliphatic rings. The number of rotatable bonds is 6. The van der Waals surface area contributed by atoms with Crippen molar-refractivity contribution in [1.82, 2.24) is 24.7 Å². The number of hydrogen-bond donors (Lipinski definition) is 1. The minimum atomic E-state index is 0.410. The van der Waals surface area contributed by atoms with Crippen molar-refractivity contribution in [2.75, 3.05) is 18.0 Å². The highest BCUT2D eigenvalue weighted by atomic mass is 15.3. The van der Waals surface area contributed by atoms with Gasteiger partial charge in [0.05, 0.1) is 11.3 Å². The lowest BCUT2D eigenvalue weighted by molar-refractivity contribution is 0.520. The maximum atomic E-state index is 5.35. The van der Waals surface area contributed by atoms with Gasteiger partial charge in [-0.15, -0.1) is 0 Å². The standard InChI is InChI=1S/C29H30N6/c1-20(2)32-19-25-8-5-16-34(25)29-33-27(22-11-13-30-14-12-22)26(28-31-15-17-35(28)29)24-10-9-21-6-3-4-7-23(21)18-24/h3-4,6-7,9-15,17-18,20,25,32H,5,8,16,19H2,1-2H3/t25-/m1/s1. The van der Waals surface area contributed by atoms with Crippen molar-refractivity contribution < 1.29 is 0 Å². The largest absolute Gasteiger partial charge is 0.338 e. The second-order valence-electron chi connectivity index (χ2n) is 9.61. The number of aromatic nitrogens is 4. The Balaban J connectivity index is 1.56. The molecule has 1 saturated heterocycles. The molecule has 6 rings (SSSR count). The number of anilines is 1. The van der Waals surface area contributed by atoms with E-state index in [2.05, 4.69) is 75.9 Å². The molecule has 0 radical (unpaired) electrons. The molecular weight excluding hydrogens is 432 g/mol. The maximum absolute atomic E-state index is 5.35. The molecule has 6 nitrogen and oxygen atoms in total. The van der Waals surface area contributed by atoms with Crippen LogP contribution in [0.5, 0.6) is 0 Å². The van der Waals surface area contributed by atoms with Gasteiger partial charge in [-0.2, -0.15) is 0 Å². The Morgan fingerprint density at radius 1 is 0.971 bits per heavy atom. The van der Waals surface area contributed by atoms with Crippen LogP contribution in [0.25, 0.3) is 38.8 Å². The smallest absolute Gasteiger partial charge is 0.212 e. The van der Waals surface area contributed by atoms with Crippen LogP contribution >= 0.6 is 0 Å². The molecule has 5 aromatic rings. The Kier molecular flexibility index (Phi) is 5.66. The van der Waals surface area contributed by atoms with Crippen molar-refractivity contribution in [3.8, 4) is 22.4 Å². The van der Waals surface area contributed by atoms with Crippen molar-refractivity contribution in [3.63, 3.8) is 0 Å². The van der Waals surface area contributed by atoms with Crippen LogP contribution in [-0.2, 0) is 0 Å². The van der Waals surface area contributed by atoms with Crippen LogP contribution in [-0.4, -0.2) is 44.5 Å². The van der Waals surface area contributed by atoms with E-state index in [0.717, 1.165) is 53.5 Å². The highest BCUT2D eigenvalue weighted by molar-refractivity contribution is 5.95. The first kappa shape index (κ1) is 21.7. The van der Waals surface area contributed by atoms with E-state index in [1.165, 1.54) is 17.2 Å². The number of nitrogens with one attached hydrogen (secondary N) is 1. The van der Waals surface area contributed by atoms with Crippen LogP contribution < -0.4 is 10.2 Å². The van der Waals surface area contributed by atoms with E-state index in [9.17, 15) is 0 Å². The third-order valence-corrected chi connectivity index (χ3v) is 6.92. The minimum absolute atomic E-state index is 0.410. The summed E-state index contributed by atoms with van der Waals surface area (Å²) in [7, 11) is 0. The van der Waals surface area contributed by atoms with Gasteiger partial charge in [0.1, 0.15) is 5.65 Å². The average Bonchev–Trinajstić information content (AvgIpc) is 3.57. The van der Waals surface area contributed by atoms with E-state index in [1.807, 2.05) is 36.9 Å². The molecule has 6 heteroatoms. The number of pyridine rings is 1. The van der Waals surface area contributed by atoms with Gasteiger partial charge in [-0.05, 0) is 47.4 Å². The molecule has 0 bridgehead atoms. The summed E-state index contributed by atoms with van der Waals surface area (Å²) in [5, 5.41) is 6.06. The zero-order chi connectivity index (χ0) is 23.8. The molecule has 176 valence electrons. The predicted octanol–water partition coefficient (Wildman–Crippen LogP) is 5.58.